The Balaban J connectivity index is 1.73. The van der Waals surface area contributed by atoms with Gasteiger partial charge in [-0.3, -0.25) is 4.79 Å². The summed E-state index contributed by atoms with van der Waals surface area (Å²) in [6.07, 6.45) is 1.50. The van der Waals surface area contributed by atoms with Gasteiger partial charge in [-0.1, -0.05) is 36.4 Å². The summed E-state index contributed by atoms with van der Waals surface area (Å²) < 4.78 is 11.3. The van der Waals surface area contributed by atoms with Crippen molar-refractivity contribution < 1.29 is 14.3 Å². The molecule has 3 rings (SSSR count). The number of benzene rings is 3. The van der Waals surface area contributed by atoms with E-state index in [1.807, 2.05) is 25.1 Å². The summed E-state index contributed by atoms with van der Waals surface area (Å²) in [4.78, 5) is 12.6. The second-order valence-electron chi connectivity index (χ2n) is 6.73. The van der Waals surface area contributed by atoms with E-state index in [4.69, 9.17) is 14.7 Å². The lowest BCUT2D eigenvalue weighted by Crippen LogP contribution is -2.14. The van der Waals surface area contributed by atoms with Crippen molar-refractivity contribution in [2.45, 2.75) is 13.5 Å². The number of nitriles is 2. The molecule has 0 bridgehead atoms. The smallest absolute Gasteiger partial charge is 0.266 e. The Hall–Kier alpha value is -4.55. The summed E-state index contributed by atoms with van der Waals surface area (Å²) in [6, 6.07) is 25.4. The van der Waals surface area contributed by atoms with E-state index in [1.54, 1.807) is 60.7 Å². The van der Waals surface area contributed by atoms with Crippen molar-refractivity contribution in [1.82, 2.24) is 0 Å². The molecular formula is C26H21N3O3. The van der Waals surface area contributed by atoms with E-state index in [-0.39, 0.29) is 5.57 Å². The molecule has 1 N–H and O–H groups in total. The van der Waals surface area contributed by atoms with E-state index in [0.29, 0.717) is 41.5 Å². The lowest BCUT2D eigenvalue weighted by molar-refractivity contribution is -0.112. The number of hydrogen-bond acceptors (Lipinski definition) is 5. The van der Waals surface area contributed by atoms with Crippen molar-refractivity contribution >= 4 is 17.7 Å². The minimum absolute atomic E-state index is 0.0461. The first kappa shape index (κ1) is 22.1. The molecule has 6 nitrogen and oxygen atoms in total. The second kappa shape index (κ2) is 11.0. The van der Waals surface area contributed by atoms with Crippen LogP contribution in [0.5, 0.6) is 11.5 Å². The lowest BCUT2D eigenvalue weighted by Gasteiger charge is -2.11. The molecule has 6 heteroatoms. The fourth-order valence-electron chi connectivity index (χ4n) is 2.95. The number of nitrogens with zero attached hydrogens (tertiary/aromatic N) is 2. The summed E-state index contributed by atoms with van der Waals surface area (Å²) in [7, 11) is 0. The molecule has 0 unspecified atom stereocenters. The molecule has 0 atom stereocenters. The zero-order chi connectivity index (χ0) is 22.8. The maximum atomic E-state index is 12.6. The summed E-state index contributed by atoms with van der Waals surface area (Å²) >= 11 is 0. The maximum Gasteiger partial charge on any atom is 0.266 e. The van der Waals surface area contributed by atoms with Crippen molar-refractivity contribution in [3.63, 3.8) is 0 Å². The van der Waals surface area contributed by atoms with Crippen LogP contribution in [0.3, 0.4) is 0 Å². The number of carbonyl (C=O) groups excluding carboxylic acids is 1. The van der Waals surface area contributed by atoms with Crippen LogP contribution in [0.2, 0.25) is 0 Å². The topological polar surface area (TPSA) is 95.1 Å². The van der Waals surface area contributed by atoms with Gasteiger partial charge in [0.2, 0.25) is 0 Å². The van der Waals surface area contributed by atoms with Gasteiger partial charge in [0, 0.05) is 0 Å². The zero-order valence-corrected chi connectivity index (χ0v) is 17.5. The van der Waals surface area contributed by atoms with Gasteiger partial charge in [-0.25, -0.2) is 0 Å². The monoisotopic (exact) mass is 423 g/mol. The first-order chi connectivity index (χ1) is 15.6. The van der Waals surface area contributed by atoms with Gasteiger partial charge in [0.25, 0.3) is 5.91 Å². The third-order valence-electron chi connectivity index (χ3n) is 4.43. The SMILES string of the molecule is CCOc1ccccc1NC(=O)/C(C#N)=C/c1cccc(OCc2cccc(C#N)c2)c1. The fourth-order valence-corrected chi connectivity index (χ4v) is 2.95. The van der Waals surface area contributed by atoms with Gasteiger partial charge in [-0.15, -0.1) is 0 Å². The van der Waals surface area contributed by atoms with Crippen LogP contribution in [-0.2, 0) is 11.4 Å². The normalized spacial score (nSPS) is 10.5. The Morgan fingerprint density at radius 3 is 2.59 bits per heavy atom. The number of hydrogen-bond donors (Lipinski definition) is 1. The average molecular weight is 423 g/mol. The third-order valence-corrected chi connectivity index (χ3v) is 4.43. The number of nitrogens with one attached hydrogen (secondary N) is 1. The summed E-state index contributed by atoms with van der Waals surface area (Å²) in [5.74, 6) is 0.594. The highest BCUT2D eigenvalue weighted by Gasteiger charge is 2.12. The van der Waals surface area contributed by atoms with Crippen LogP contribution < -0.4 is 14.8 Å². The molecule has 0 saturated heterocycles. The number of anilines is 1. The number of amides is 1. The Bertz CT molecular complexity index is 1220. The van der Waals surface area contributed by atoms with E-state index in [1.165, 1.54) is 6.08 Å². The fraction of sp³-hybridized carbons (Fsp3) is 0.115. The van der Waals surface area contributed by atoms with Crippen LogP contribution in [0.25, 0.3) is 6.08 Å². The maximum absolute atomic E-state index is 12.6. The molecule has 0 saturated carbocycles. The molecule has 158 valence electrons. The van der Waals surface area contributed by atoms with Crippen LogP contribution in [0, 0.1) is 22.7 Å². The van der Waals surface area contributed by atoms with Gasteiger partial charge in [0.05, 0.1) is 23.9 Å². The minimum atomic E-state index is -0.528. The van der Waals surface area contributed by atoms with Gasteiger partial charge < -0.3 is 14.8 Å². The lowest BCUT2D eigenvalue weighted by atomic mass is 10.1. The predicted octanol–water partition coefficient (Wildman–Crippen LogP) is 5.08. The van der Waals surface area contributed by atoms with Crippen LogP contribution >= 0.6 is 0 Å². The zero-order valence-electron chi connectivity index (χ0n) is 17.5. The van der Waals surface area contributed by atoms with Crippen LogP contribution in [-0.4, -0.2) is 12.5 Å². The van der Waals surface area contributed by atoms with Gasteiger partial charge in [-0.05, 0) is 60.5 Å². The van der Waals surface area contributed by atoms with E-state index in [2.05, 4.69) is 11.4 Å². The molecule has 0 aliphatic heterocycles. The molecule has 32 heavy (non-hydrogen) atoms. The average Bonchev–Trinajstić information content (AvgIpc) is 2.83. The van der Waals surface area contributed by atoms with Crippen molar-refractivity contribution in [3.05, 3.63) is 95.1 Å². The van der Waals surface area contributed by atoms with Crippen molar-refractivity contribution in [2.24, 2.45) is 0 Å². The van der Waals surface area contributed by atoms with Crippen LogP contribution in [0.15, 0.2) is 78.4 Å². The van der Waals surface area contributed by atoms with E-state index in [0.717, 1.165) is 5.56 Å². The molecule has 0 spiro atoms. The van der Waals surface area contributed by atoms with E-state index >= 15 is 0 Å². The highest BCUT2D eigenvalue weighted by atomic mass is 16.5. The molecule has 0 aliphatic carbocycles. The molecule has 0 fully saturated rings. The molecule has 0 aliphatic rings. The van der Waals surface area contributed by atoms with Gasteiger partial charge >= 0.3 is 0 Å². The van der Waals surface area contributed by atoms with Crippen LogP contribution in [0.4, 0.5) is 5.69 Å². The standard InChI is InChI=1S/C26H21N3O3/c1-2-31-25-12-4-3-11-24(25)29-26(30)22(17-28)14-19-7-6-10-23(15-19)32-18-21-9-5-8-20(13-21)16-27/h3-15H,2,18H2,1H3,(H,29,30)/b22-14+. The number of para-hydroxylation sites is 2. The first-order valence-corrected chi connectivity index (χ1v) is 10.00. The second-order valence-corrected chi connectivity index (χ2v) is 6.73. The number of ether oxygens (including phenoxy) is 2. The molecule has 0 aromatic heterocycles. The molecule has 1 amide bonds. The summed E-state index contributed by atoms with van der Waals surface area (Å²) in [6.45, 7) is 2.61. The quantitative estimate of drug-likeness (QED) is 0.403. The van der Waals surface area contributed by atoms with Crippen molar-refractivity contribution in [3.8, 4) is 23.6 Å². The molecule has 0 radical (unpaired) electrons. The summed E-state index contributed by atoms with van der Waals surface area (Å²) in [5.41, 5.74) is 2.54. The summed E-state index contributed by atoms with van der Waals surface area (Å²) in [5, 5.41) is 21.2. The van der Waals surface area contributed by atoms with E-state index in [9.17, 15) is 10.1 Å². The van der Waals surface area contributed by atoms with Crippen molar-refractivity contribution in [1.29, 1.82) is 10.5 Å². The first-order valence-electron chi connectivity index (χ1n) is 10.00. The molecule has 3 aromatic carbocycles. The highest BCUT2D eigenvalue weighted by molar-refractivity contribution is 6.10. The molecule has 0 heterocycles. The highest BCUT2D eigenvalue weighted by Crippen LogP contribution is 2.24. The molecule has 3 aromatic rings. The van der Waals surface area contributed by atoms with Gasteiger partial charge in [0.1, 0.15) is 29.7 Å². The Morgan fingerprint density at radius 1 is 1.00 bits per heavy atom. The van der Waals surface area contributed by atoms with E-state index < -0.39 is 5.91 Å². The third kappa shape index (κ3) is 5.98. The Morgan fingerprint density at radius 2 is 1.81 bits per heavy atom. The van der Waals surface area contributed by atoms with Crippen molar-refractivity contribution in [2.75, 3.05) is 11.9 Å². The number of carbonyl (C=O) groups is 1. The van der Waals surface area contributed by atoms with Gasteiger partial charge in [0.15, 0.2) is 0 Å². The minimum Gasteiger partial charge on any atom is -0.492 e. The largest absolute Gasteiger partial charge is 0.492 e. The predicted molar refractivity (Wildman–Crippen MR) is 122 cm³/mol. The Kier molecular flexibility index (Phi) is 7.62. The van der Waals surface area contributed by atoms with Crippen LogP contribution in [0.1, 0.15) is 23.6 Å². The Labute approximate surface area is 186 Å². The molecular weight excluding hydrogens is 402 g/mol. The number of rotatable bonds is 8. The van der Waals surface area contributed by atoms with Gasteiger partial charge in [-0.2, -0.15) is 10.5 Å².